The molecule has 0 heterocycles. The molecule has 37 heavy (non-hydrogen) atoms. The molecule has 7 nitrogen and oxygen atoms in total. The van der Waals surface area contributed by atoms with Gasteiger partial charge in [-0.15, -0.1) is 0 Å². The first-order valence-corrected chi connectivity index (χ1v) is 14.5. The molecule has 0 bridgehead atoms. The van der Waals surface area contributed by atoms with Gasteiger partial charge in [-0.3, -0.25) is 13.9 Å². The molecule has 0 aliphatic rings. The lowest BCUT2D eigenvalue weighted by atomic mass is 10.0. The van der Waals surface area contributed by atoms with Gasteiger partial charge in [0, 0.05) is 29.5 Å². The fourth-order valence-corrected chi connectivity index (χ4v) is 5.12. The molecule has 0 unspecified atom stereocenters. The van der Waals surface area contributed by atoms with Crippen molar-refractivity contribution in [2.24, 2.45) is 0 Å². The van der Waals surface area contributed by atoms with Crippen molar-refractivity contribution in [1.82, 2.24) is 10.2 Å². The molecule has 0 aliphatic carbocycles. The van der Waals surface area contributed by atoms with E-state index < -0.39 is 28.5 Å². The van der Waals surface area contributed by atoms with Crippen LogP contribution in [-0.4, -0.2) is 51.0 Å². The molecule has 3 aromatic carbocycles. The summed E-state index contributed by atoms with van der Waals surface area (Å²) in [6.07, 6.45) is 1.32. The lowest BCUT2D eigenvalue weighted by molar-refractivity contribution is -0.139. The summed E-state index contributed by atoms with van der Waals surface area (Å²) >= 11 is 9.47. The molecule has 0 saturated carbocycles. The highest BCUT2D eigenvalue weighted by atomic mass is 79.9. The molecule has 10 heteroatoms. The van der Waals surface area contributed by atoms with E-state index in [1.165, 1.54) is 11.9 Å². The maximum absolute atomic E-state index is 13.9. The van der Waals surface area contributed by atoms with Gasteiger partial charge in [-0.2, -0.15) is 0 Å². The third-order valence-corrected chi connectivity index (χ3v) is 8.17. The van der Waals surface area contributed by atoms with Gasteiger partial charge in [0.1, 0.15) is 12.6 Å². The SMILES string of the molecule is CNC(=O)[C@@H](Cc1ccccc1)N(Cc1ccc(Cl)cc1)C(=O)CN(c1ccc(Br)c(C)c1)S(C)(=O)=O. The Morgan fingerprint density at radius 1 is 1.00 bits per heavy atom. The number of nitrogens with zero attached hydrogens (tertiary/aromatic N) is 2. The van der Waals surface area contributed by atoms with E-state index in [4.69, 9.17) is 11.6 Å². The van der Waals surface area contributed by atoms with Crippen molar-refractivity contribution in [3.8, 4) is 0 Å². The van der Waals surface area contributed by atoms with Gasteiger partial charge in [-0.1, -0.05) is 70.0 Å². The van der Waals surface area contributed by atoms with Gasteiger partial charge in [-0.25, -0.2) is 8.42 Å². The number of amides is 2. The quantitative estimate of drug-likeness (QED) is 0.367. The van der Waals surface area contributed by atoms with Gasteiger partial charge in [0.2, 0.25) is 21.8 Å². The molecule has 0 radical (unpaired) electrons. The van der Waals surface area contributed by atoms with Crippen molar-refractivity contribution in [2.75, 3.05) is 24.2 Å². The van der Waals surface area contributed by atoms with E-state index in [1.54, 1.807) is 42.5 Å². The summed E-state index contributed by atoms with van der Waals surface area (Å²) in [5, 5.41) is 3.20. The van der Waals surface area contributed by atoms with E-state index >= 15 is 0 Å². The lowest BCUT2D eigenvalue weighted by Crippen LogP contribution is -2.52. The largest absolute Gasteiger partial charge is 0.357 e. The van der Waals surface area contributed by atoms with Crippen molar-refractivity contribution < 1.29 is 18.0 Å². The van der Waals surface area contributed by atoms with Crippen molar-refractivity contribution in [3.05, 3.63) is 99.0 Å². The average Bonchev–Trinajstić information content (AvgIpc) is 2.87. The van der Waals surface area contributed by atoms with E-state index in [0.29, 0.717) is 10.7 Å². The molecule has 3 rings (SSSR count). The Kier molecular flexibility index (Phi) is 9.75. The molecule has 1 atom stereocenters. The van der Waals surface area contributed by atoms with Crippen LogP contribution < -0.4 is 9.62 Å². The Hall–Kier alpha value is -2.88. The number of halogens is 2. The number of sulfonamides is 1. The molecular formula is C27H29BrClN3O4S. The van der Waals surface area contributed by atoms with Gasteiger partial charge < -0.3 is 10.2 Å². The molecule has 3 aromatic rings. The molecule has 0 spiro atoms. The minimum atomic E-state index is -3.81. The maximum atomic E-state index is 13.9. The van der Waals surface area contributed by atoms with Crippen LogP contribution in [0.15, 0.2) is 77.3 Å². The summed E-state index contributed by atoms with van der Waals surface area (Å²) < 4.78 is 27.4. The second kappa shape index (κ2) is 12.6. The summed E-state index contributed by atoms with van der Waals surface area (Å²) in [6, 6.07) is 20.5. The van der Waals surface area contributed by atoms with Crippen LogP contribution in [0.25, 0.3) is 0 Å². The fraction of sp³-hybridized carbons (Fsp3) is 0.259. The predicted octanol–water partition coefficient (Wildman–Crippen LogP) is 4.56. The molecule has 0 saturated heterocycles. The summed E-state index contributed by atoms with van der Waals surface area (Å²) in [4.78, 5) is 28.4. The Morgan fingerprint density at radius 2 is 1.65 bits per heavy atom. The summed E-state index contributed by atoms with van der Waals surface area (Å²) in [5.41, 5.74) is 2.81. The van der Waals surface area contributed by atoms with E-state index in [0.717, 1.165) is 31.7 Å². The van der Waals surface area contributed by atoms with Crippen molar-refractivity contribution in [2.45, 2.75) is 25.9 Å². The standard InChI is InChI=1S/C27H29BrClN3O4S/c1-19-15-23(13-14-24(19)28)32(37(3,35)36)18-26(33)31(17-21-9-11-22(29)12-10-21)25(27(34)30-2)16-20-7-5-4-6-8-20/h4-15,25H,16-18H2,1-3H3,(H,30,34)/t25-/m1/s1. The fourth-order valence-electron chi connectivity index (χ4n) is 3.90. The van der Waals surface area contributed by atoms with Crippen LogP contribution in [0.2, 0.25) is 5.02 Å². The van der Waals surface area contributed by atoms with Gasteiger partial charge in [0.05, 0.1) is 11.9 Å². The van der Waals surface area contributed by atoms with Gasteiger partial charge in [0.25, 0.3) is 0 Å². The molecule has 0 fully saturated rings. The van der Waals surface area contributed by atoms with Crippen LogP contribution in [0.4, 0.5) is 5.69 Å². The number of carbonyl (C=O) groups excluding carboxylic acids is 2. The predicted molar refractivity (Wildman–Crippen MR) is 151 cm³/mol. The van der Waals surface area contributed by atoms with Crippen LogP contribution in [0.3, 0.4) is 0 Å². The Labute approximate surface area is 231 Å². The summed E-state index contributed by atoms with van der Waals surface area (Å²) in [5.74, 6) is -0.859. The van der Waals surface area contributed by atoms with E-state index in [2.05, 4.69) is 21.2 Å². The minimum Gasteiger partial charge on any atom is -0.357 e. The average molecular weight is 607 g/mol. The Balaban J connectivity index is 2.03. The van der Waals surface area contributed by atoms with Crippen LogP contribution >= 0.6 is 27.5 Å². The topological polar surface area (TPSA) is 86.8 Å². The maximum Gasteiger partial charge on any atom is 0.244 e. The van der Waals surface area contributed by atoms with Crippen molar-refractivity contribution >= 4 is 55.1 Å². The molecule has 0 aliphatic heterocycles. The van der Waals surface area contributed by atoms with E-state index in [1.807, 2.05) is 37.3 Å². The summed E-state index contributed by atoms with van der Waals surface area (Å²) in [6.45, 7) is 1.47. The molecule has 1 N–H and O–H groups in total. The smallest absolute Gasteiger partial charge is 0.244 e. The molecular weight excluding hydrogens is 578 g/mol. The van der Waals surface area contributed by atoms with E-state index in [-0.39, 0.29) is 18.9 Å². The number of hydrogen-bond donors (Lipinski definition) is 1. The summed E-state index contributed by atoms with van der Waals surface area (Å²) in [7, 11) is -2.30. The minimum absolute atomic E-state index is 0.0951. The number of hydrogen-bond acceptors (Lipinski definition) is 4. The highest BCUT2D eigenvalue weighted by molar-refractivity contribution is 9.10. The second-order valence-corrected chi connectivity index (χ2v) is 11.9. The number of nitrogens with one attached hydrogen (secondary N) is 1. The first-order chi connectivity index (χ1) is 17.5. The second-order valence-electron chi connectivity index (χ2n) is 8.67. The van der Waals surface area contributed by atoms with Crippen LogP contribution in [0.5, 0.6) is 0 Å². The van der Waals surface area contributed by atoms with Crippen molar-refractivity contribution in [1.29, 1.82) is 0 Å². The number of benzene rings is 3. The Morgan fingerprint density at radius 3 is 2.22 bits per heavy atom. The molecule has 0 aromatic heterocycles. The molecule has 2 amide bonds. The lowest BCUT2D eigenvalue weighted by Gasteiger charge is -2.33. The van der Waals surface area contributed by atoms with Crippen LogP contribution in [0.1, 0.15) is 16.7 Å². The number of carbonyl (C=O) groups is 2. The number of aryl methyl sites for hydroxylation is 1. The zero-order chi connectivity index (χ0) is 27.2. The van der Waals surface area contributed by atoms with Gasteiger partial charge in [0.15, 0.2) is 0 Å². The number of rotatable bonds is 10. The van der Waals surface area contributed by atoms with Crippen LogP contribution in [0, 0.1) is 6.92 Å². The van der Waals surface area contributed by atoms with Gasteiger partial charge in [-0.05, 0) is 53.9 Å². The zero-order valence-corrected chi connectivity index (χ0v) is 24.0. The Bertz CT molecular complexity index is 1350. The van der Waals surface area contributed by atoms with Crippen molar-refractivity contribution in [3.63, 3.8) is 0 Å². The highest BCUT2D eigenvalue weighted by Gasteiger charge is 2.32. The third-order valence-electron chi connectivity index (χ3n) is 5.89. The third kappa shape index (κ3) is 7.80. The van der Waals surface area contributed by atoms with E-state index in [9.17, 15) is 18.0 Å². The zero-order valence-electron chi connectivity index (χ0n) is 20.8. The highest BCUT2D eigenvalue weighted by Crippen LogP contribution is 2.25. The monoisotopic (exact) mass is 605 g/mol. The number of likely N-dealkylation sites (N-methyl/N-ethyl adjacent to an activating group) is 1. The first-order valence-electron chi connectivity index (χ1n) is 11.5. The van der Waals surface area contributed by atoms with Gasteiger partial charge >= 0.3 is 0 Å². The van der Waals surface area contributed by atoms with Crippen LogP contribution in [-0.2, 0) is 32.6 Å². The normalized spacial score (nSPS) is 12.0. The molecule has 196 valence electrons. The first kappa shape index (κ1) is 28.7. The number of anilines is 1.